The minimum absolute atomic E-state index is 0.0620. The fourth-order valence-electron chi connectivity index (χ4n) is 0.946. The second-order valence-corrected chi connectivity index (χ2v) is 3.00. The van der Waals surface area contributed by atoms with Crippen LogP contribution in [-0.4, -0.2) is 16.1 Å². The topological polar surface area (TPSA) is 40.5 Å². The number of aromatic hydroxyl groups is 2. The molecule has 0 spiro atoms. The van der Waals surface area contributed by atoms with Gasteiger partial charge in [0.2, 0.25) is 0 Å². The molecule has 0 bridgehead atoms. The van der Waals surface area contributed by atoms with Gasteiger partial charge in [0.05, 0.1) is 0 Å². The predicted octanol–water partition coefficient (Wildman–Crippen LogP) is 2.74. The lowest BCUT2D eigenvalue weighted by atomic mass is 10.1. The molecule has 0 fully saturated rings. The van der Waals surface area contributed by atoms with Gasteiger partial charge in [-0.25, -0.2) is 0 Å². The second kappa shape index (κ2) is 4.77. The van der Waals surface area contributed by atoms with E-state index in [9.17, 15) is 5.11 Å². The number of phenols is 2. The average Bonchev–Trinajstić information content (AvgIpc) is 2.09. The quantitative estimate of drug-likeness (QED) is 0.734. The highest BCUT2D eigenvalue weighted by atomic mass is 35.5. The van der Waals surface area contributed by atoms with Crippen LogP contribution in [0.3, 0.4) is 0 Å². The van der Waals surface area contributed by atoms with Crippen LogP contribution < -0.4 is 0 Å². The largest absolute Gasteiger partial charge is 0.508 e. The molecular formula is C10H11ClO2. The Morgan fingerprint density at radius 1 is 1.31 bits per heavy atom. The van der Waals surface area contributed by atoms with Gasteiger partial charge in [0.1, 0.15) is 11.5 Å². The van der Waals surface area contributed by atoms with Crippen LogP contribution in [0.15, 0.2) is 24.3 Å². The molecule has 0 atom stereocenters. The number of rotatable bonds is 3. The van der Waals surface area contributed by atoms with Gasteiger partial charge in [-0.1, -0.05) is 12.2 Å². The van der Waals surface area contributed by atoms with Crippen LogP contribution >= 0.6 is 11.6 Å². The SMILES string of the molecule is Oc1ccc(C=CCCCl)c(O)c1. The first kappa shape index (κ1) is 9.93. The second-order valence-electron chi connectivity index (χ2n) is 2.62. The van der Waals surface area contributed by atoms with Gasteiger partial charge < -0.3 is 10.2 Å². The minimum atomic E-state index is 0.0620. The summed E-state index contributed by atoms with van der Waals surface area (Å²) in [7, 11) is 0. The van der Waals surface area contributed by atoms with E-state index in [-0.39, 0.29) is 11.5 Å². The third kappa shape index (κ3) is 2.99. The van der Waals surface area contributed by atoms with Crippen molar-refractivity contribution in [3.05, 3.63) is 29.8 Å². The monoisotopic (exact) mass is 198 g/mol. The van der Waals surface area contributed by atoms with Gasteiger partial charge in [0, 0.05) is 17.5 Å². The minimum Gasteiger partial charge on any atom is -0.508 e. The van der Waals surface area contributed by atoms with E-state index >= 15 is 0 Å². The van der Waals surface area contributed by atoms with Crippen molar-refractivity contribution in [1.82, 2.24) is 0 Å². The Kier molecular flexibility index (Phi) is 3.65. The number of halogens is 1. The first-order valence-corrected chi connectivity index (χ1v) is 4.52. The van der Waals surface area contributed by atoms with Gasteiger partial charge in [-0.15, -0.1) is 11.6 Å². The zero-order valence-corrected chi connectivity index (χ0v) is 7.83. The maximum absolute atomic E-state index is 9.35. The summed E-state index contributed by atoms with van der Waals surface area (Å²) in [6, 6.07) is 4.48. The molecule has 0 aliphatic carbocycles. The lowest BCUT2D eigenvalue weighted by molar-refractivity contribution is 0.450. The molecule has 70 valence electrons. The Morgan fingerprint density at radius 2 is 2.08 bits per heavy atom. The Morgan fingerprint density at radius 3 is 2.69 bits per heavy atom. The average molecular weight is 199 g/mol. The first-order chi connectivity index (χ1) is 6.24. The van der Waals surface area contributed by atoms with Gasteiger partial charge in [0.25, 0.3) is 0 Å². The predicted molar refractivity (Wildman–Crippen MR) is 54.1 cm³/mol. The van der Waals surface area contributed by atoms with Crippen molar-refractivity contribution in [1.29, 1.82) is 0 Å². The Labute approximate surface area is 82.1 Å². The molecule has 0 aliphatic rings. The van der Waals surface area contributed by atoms with Crippen LogP contribution in [0.2, 0.25) is 0 Å². The molecule has 2 N–H and O–H groups in total. The zero-order chi connectivity index (χ0) is 9.68. The third-order valence-corrected chi connectivity index (χ3v) is 1.81. The summed E-state index contributed by atoms with van der Waals surface area (Å²) >= 11 is 5.48. The molecule has 13 heavy (non-hydrogen) atoms. The van der Waals surface area contributed by atoms with Crippen LogP contribution in [0, 0.1) is 0 Å². The fourth-order valence-corrected chi connectivity index (χ4v) is 1.07. The molecule has 1 aromatic carbocycles. The number of hydrogen-bond donors (Lipinski definition) is 2. The van der Waals surface area contributed by atoms with E-state index in [0.29, 0.717) is 11.4 Å². The van der Waals surface area contributed by atoms with Crippen LogP contribution in [0.25, 0.3) is 6.08 Å². The number of hydrogen-bond acceptors (Lipinski definition) is 2. The van der Waals surface area contributed by atoms with E-state index in [0.717, 1.165) is 6.42 Å². The number of benzene rings is 1. The maximum atomic E-state index is 9.35. The molecule has 0 aromatic heterocycles. The van der Waals surface area contributed by atoms with Gasteiger partial charge in [-0.2, -0.15) is 0 Å². The summed E-state index contributed by atoms with van der Waals surface area (Å²) in [5, 5.41) is 18.4. The molecule has 3 heteroatoms. The van der Waals surface area contributed by atoms with Crippen molar-refractivity contribution in [2.24, 2.45) is 0 Å². The molecular weight excluding hydrogens is 188 g/mol. The van der Waals surface area contributed by atoms with Crippen molar-refractivity contribution in [3.63, 3.8) is 0 Å². The Hall–Kier alpha value is -1.15. The number of allylic oxidation sites excluding steroid dienone is 1. The van der Waals surface area contributed by atoms with Gasteiger partial charge in [-0.3, -0.25) is 0 Å². The molecule has 0 heterocycles. The van der Waals surface area contributed by atoms with Crippen molar-refractivity contribution in [2.45, 2.75) is 6.42 Å². The summed E-state index contributed by atoms with van der Waals surface area (Å²) in [5.74, 6) is 0.702. The van der Waals surface area contributed by atoms with E-state index < -0.39 is 0 Å². The lowest BCUT2D eigenvalue weighted by Crippen LogP contribution is -1.74. The maximum Gasteiger partial charge on any atom is 0.126 e. The van der Waals surface area contributed by atoms with E-state index in [1.54, 1.807) is 12.1 Å². The standard InChI is InChI=1S/C10H11ClO2/c11-6-2-1-3-8-4-5-9(12)7-10(8)13/h1,3-5,7,12-13H,2,6H2. The van der Waals surface area contributed by atoms with Gasteiger partial charge in [0.15, 0.2) is 0 Å². The highest BCUT2D eigenvalue weighted by Crippen LogP contribution is 2.23. The molecule has 0 aliphatic heterocycles. The lowest BCUT2D eigenvalue weighted by Gasteiger charge is -1.98. The molecule has 0 unspecified atom stereocenters. The fraction of sp³-hybridized carbons (Fsp3) is 0.200. The van der Waals surface area contributed by atoms with Crippen molar-refractivity contribution in [2.75, 3.05) is 5.88 Å². The first-order valence-electron chi connectivity index (χ1n) is 3.98. The van der Waals surface area contributed by atoms with Gasteiger partial charge in [-0.05, 0) is 18.6 Å². The molecule has 1 aromatic rings. The normalized spacial score (nSPS) is 10.8. The summed E-state index contributed by atoms with van der Waals surface area (Å²) in [4.78, 5) is 0. The third-order valence-electron chi connectivity index (χ3n) is 1.59. The van der Waals surface area contributed by atoms with E-state index in [1.807, 2.05) is 6.08 Å². The van der Waals surface area contributed by atoms with E-state index in [2.05, 4.69) is 0 Å². The van der Waals surface area contributed by atoms with E-state index in [1.165, 1.54) is 12.1 Å². The Balaban J connectivity index is 2.77. The van der Waals surface area contributed by atoms with Crippen molar-refractivity contribution in [3.8, 4) is 11.5 Å². The molecule has 0 radical (unpaired) electrons. The molecule has 0 saturated carbocycles. The molecule has 2 nitrogen and oxygen atoms in total. The van der Waals surface area contributed by atoms with E-state index in [4.69, 9.17) is 16.7 Å². The molecule has 1 rings (SSSR count). The summed E-state index contributed by atoms with van der Waals surface area (Å²) < 4.78 is 0. The van der Waals surface area contributed by atoms with Crippen LogP contribution in [0.4, 0.5) is 0 Å². The molecule has 0 amide bonds. The zero-order valence-electron chi connectivity index (χ0n) is 7.07. The number of phenolic OH excluding ortho intramolecular Hbond substituents is 2. The Bertz CT molecular complexity index is 308. The van der Waals surface area contributed by atoms with Crippen molar-refractivity contribution < 1.29 is 10.2 Å². The highest BCUT2D eigenvalue weighted by molar-refractivity contribution is 6.17. The van der Waals surface area contributed by atoms with Crippen LogP contribution in [0.5, 0.6) is 11.5 Å². The molecule has 0 saturated heterocycles. The van der Waals surface area contributed by atoms with Gasteiger partial charge >= 0.3 is 0 Å². The summed E-state index contributed by atoms with van der Waals surface area (Å²) in [5.41, 5.74) is 0.683. The number of alkyl halides is 1. The van der Waals surface area contributed by atoms with Crippen molar-refractivity contribution >= 4 is 17.7 Å². The van der Waals surface area contributed by atoms with Crippen LogP contribution in [-0.2, 0) is 0 Å². The summed E-state index contributed by atoms with van der Waals surface area (Å²) in [6.07, 6.45) is 4.41. The smallest absolute Gasteiger partial charge is 0.126 e. The highest BCUT2D eigenvalue weighted by Gasteiger charge is 1.97. The summed E-state index contributed by atoms with van der Waals surface area (Å²) in [6.45, 7) is 0. The van der Waals surface area contributed by atoms with Crippen LogP contribution in [0.1, 0.15) is 12.0 Å².